The molecule has 7 heteroatoms. The molecule has 90 valence electrons. The quantitative estimate of drug-likeness (QED) is 0.884. The molecular formula is C10H10BrN3O2S. The summed E-state index contributed by atoms with van der Waals surface area (Å²) in [5, 5.41) is 6.50. The van der Waals surface area contributed by atoms with Gasteiger partial charge in [-0.05, 0) is 12.1 Å². The van der Waals surface area contributed by atoms with Crippen LogP contribution in [-0.4, -0.2) is 24.9 Å². The predicted molar refractivity (Wildman–Crippen MR) is 69.2 cm³/mol. The average Bonchev–Trinajstić information content (AvgIpc) is 2.63. The van der Waals surface area contributed by atoms with Gasteiger partial charge < -0.3 is 5.73 Å². The van der Waals surface area contributed by atoms with Crippen molar-refractivity contribution in [3.8, 4) is 11.3 Å². The zero-order chi connectivity index (χ0) is 12.6. The van der Waals surface area contributed by atoms with Gasteiger partial charge in [0.05, 0.1) is 10.6 Å². The van der Waals surface area contributed by atoms with Crippen molar-refractivity contribution in [3.63, 3.8) is 0 Å². The standard InChI is InChI=1S/C10H10BrN3O2S/c1-17(15,16)8-4-2-3-6(11)10(8)7-5-9(12)14-13-7/h2-5H,1H3,(H3,12,13,14). The Labute approximate surface area is 107 Å². The van der Waals surface area contributed by atoms with Crippen LogP contribution >= 0.6 is 15.9 Å². The average molecular weight is 316 g/mol. The molecule has 0 spiro atoms. The van der Waals surface area contributed by atoms with Crippen LogP contribution in [0.15, 0.2) is 33.6 Å². The molecule has 0 aliphatic carbocycles. The monoisotopic (exact) mass is 315 g/mol. The molecule has 0 aliphatic heterocycles. The van der Waals surface area contributed by atoms with Gasteiger partial charge in [-0.1, -0.05) is 22.0 Å². The largest absolute Gasteiger partial charge is 0.382 e. The topological polar surface area (TPSA) is 88.8 Å². The second-order valence-electron chi connectivity index (χ2n) is 3.59. The molecule has 0 fully saturated rings. The maximum atomic E-state index is 11.7. The number of hydrogen-bond donors (Lipinski definition) is 2. The van der Waals surface area contributed by atoms with Gasteiger partial charge >= 0.3 is 0 Å². The number of anilines is 1. The van der Waals surface area contributed by atoms with E-state index in [0.717, 1.165) is 6.26 Å². The Morgan fingerprint density at radius 1 is 1.41 bits per heavy atom. The third-order valence-electron chi connectivity index (χ3n) is 2.24. The smallest absolute Gasteiger partial charge is 0.176 e. The summed E-state index contributed by atoms with van der Waals surface area (Å²) >= 11 is 3.33. The van der Waals surface area contributed by atoms with E-state index in [4.69, 9.17) is 5.73 Å². The van der Waals surface area contributed by atoms with Crippen molar-refractivity contribution >= 4 is 31.6 Å². The number of aromatic nitrogens is 2. The molecule has 0 saturated carbocycles. The number of aromatic amines is 1. The first-order valence-electron chi connectivity index (χ1n) is 4.69. The lowest BCUT2D eigenvalue weighted by molar-refractivity contribution is 0.602. The second kappa shape index (κ2) is 4.15. The number of H-pyrrole nitrogens is 1. The van der Waals surface area contributed by atoms with E-state index in [9.17, 15) is 8.42 Å². The number of halogens is 1. The van der Waals surface area contributed by atoms with E-state index in [0.29, 0.717) is 21.5 Å². The Morgan fingerprint density at radius 2 is 2.12 bits per heavy atom. The molecule has 2 aromatic rings. The maximum absolute atomic E-state index is 11.7. The summed E-state index contributed by atoms with van der Waals surface area (Å²) in [6.07, 6.45) is 1.16. The minimum absolute atomic E-state index is 0.232. The van der Waals surface area contributed by atoms with E-state index < -0.39 is 9.84 Å². The van der Waals surface area contributed by atoms with Gasteiger partial charge in [0, 0.05) is 22.4 Å². The molecule has 5 nitrogen and oxygen atoms in total. The Kier molecular flexibility index (Phi) is 2.96. The van der Waals surface area contributed by atoms with Crippen LogP contribution in [0.4, 0.5) is 5.82 Å². The lowest BCUT2D eigenvalue weighted by Crippen LogP contribution is -2.00. The van der Waals surface area contributed by atoms with Crippen LogP contribution in [0.3, 0.4) is 0 Å². The molecule has 0 bridgehead atoms. The van der Waals surface area contributed by atoms with Gasteiger partial charge in [0.15, 0.2) is 9.84 Å². The third-order valence-corrected chi connectivity index (χ3v) is 4.04. The number of benzene rings is 1. The van der Waals surface area contributed by atoms with Crippen LogP contribution in [0, 0.1) is 0 Å². The Hall–Kier alpha value is -1.34. The highest BCUT2D eigenvalue weighted by molar-refractivity contribution is 9.10. The van der Waals surface area contributed by atoms with Gasteiger partial charge in [-0.15, -0.1) is 0 Å². The number of rotatable bonds is 2. The van der Waals surface area contributed by atoms with E-state index >= 15 is 0 Å². The van der Waals surface area contributed by atoms with Crippen molar-refractivity contribution in [1.82, 2.24) is 10.2 Å². The molecule has 2 rings (SSSR count). The van der Waals surface area contributed by atoms with Crippen LogP contribution in [-0.2, 0) is 9.84 Å². The van der Waals surface area contributed by atoms with E-state index in [1.807, 2.05) is 0 Å². The summed E-state index contributed by atoms with van der Waals surface area (Å²) in [6, 6.07) is 6.58. The van der Waals surface area contributed by atoms with Gasteiger partial charge in [-0.2, -0.15) is 5.10 Å². The van der Waals surface area contributed by atoms with Crippen LogP contribution in [0.5, 0.6) is 0 Å². The highest BCUT2D eigenvalue weighted by atomic mass is 79.9. The molecular weight excluding hydrogens is 306 g/mol. The summed E-state index contributed by atoms with van der Waals surface area (Å²) in [5.74, 6) is 0.315. The minimum Gasteiger partial charge on any atom is -0.382 e. The summed E-state index contributed by atoms with van der Waals surface area (Å²) in [7, 11) is -3.31. The molecule has 1 aromatic heterocycles. The van der Waals surface area contributed by atoms with Crippen molar-refractivity contribution in [2.45, 2.75) is 4.90 Å². The highest BCUT2D eigenvalue weighted by Crippen LogP contribution is 2.33. The van der Waals surface area contributed by atoms with Gasteiger partial charge in [0.2, 0.25) is 0 Å². The van der Waals surface area contributed by atoms with E-state index in [1.165, 1.54) is 0 Å². The van der Waals surface area contributed by atoms with Crippen molar-refractivity contribution in [3.05, 3.63) is 28.7 Å². The SMILES string of the molecule is CS(=O)(=O)c1cccc(Br)c1-c1cc(N)n[nH]1. The molecule has 17 heavy (non-hydrogen) atoms. The Balaban J connectivity index is 2.76. The van der Waals surface area contributed by atoms with Crippen LogP contribution in [0.1, 0.15) is 0 Å². The number of nitrogens with two attached hydrogens (primary N) is 1. The maximum Gasteiger partial charge on any atom is 0.176 e. The van der Waals surface area contributed by atoms with Gasteiger partial charge in [-0.25, -0.2) is 8.42 Å². The molecule has 0 amide bonds. The first-order valence-corrected chi connectivity index (χ1v) is 7.38. The Morgan fingerprint density at radius 3 is 2.65 bits per heavy atom. The van der Waals surface area contributed by atoms with E-state index in [2.05, 4.69) is 26.1 Å². The fraction of sp³-hybridized carbons (Fsp3) is 0.100. The number of nitrogens with zero attached hydrogens (tertiary/aromatic N) is 1. The molecule has 0 unspecified atom stereocenters. The fourth-order valence-corrected chi connectivity index (χ4v) is 3.17. The Bertz CT molecular complexity index is 664. The minimum atomic E-state index is -3.31. The fourth-order valence-electron chi connectivity index (χ4n) is 1.54. The molecule has 0 radical (unpaired) electrons. The zero-order valence-corrected chi connectivity index (χ0v) is 11.3. The predicted octanol–water partition coefficient (Wildman–Crippen LogP) is 1.82. The molecule has 1 heterocycles. The van der Waals surface area contributed by atoms with Crippen molar-refractivity contribution in [2.75, 3.05) is 12.0 Å². The van der Waals surface area contributed by atoms with Crippen LogP contribution < -0.4 is 5.73 Å². The number of nitrogens with one attached hydrogen (secondary N) is 1. The van der Waals surface area contributed by atoms with Crippen molar-refractivity contribution in [1.29, 1.82) is 0 Å². The zero-order valence-electron chi connectivity index (χ0n) is 8.94. The van der Waals surface area contributed by atoms with E-state index in [1.54, 1.807) is 24.3 Å². The molecule has 0 saturated heterocycles. The van der Waals surface area contributed by atoms with Crippen LogP contribution in [0.25, 0.3) is 11.3 Å². The molecule has 0 aliphatic rings. The van der Waals surface area contributed by atoms with Crippen molar-refractivity contribution in [2.24, 2.45) is 0 Å². The summed E-state index contributed by atoms with van der Waals surface area (Å²) in [6.45, 7) is 0. The number of hydrogen-bond acceptors (Lipinski definition) is 4. The molecule has 0 atom stereocenters. The normalized spacial score (nSPS) is 11.6. The van der Waals surface area contributed by atoms with Crippen LogP contribution in [0.2, 0.25) is 0 Å². The summed E-state index contributed by atoms with van der Waals surface area (Å²) in [4.78, 5) is 0.232. The van der Waals surface area contributed by atoms with Gasteiger partial charge in [-0.3, -0.25) is 5.10 Å². The first-order chi connectivity index (χ1) is 7.89. The lowest BCUT2D eigenvalue weighted by Gasteiger charge is -2.07. The number of sulfone groups is 1. The van der Waals surface area contributed by atoms with E-state index in [-0.39, 0.29) is 4.90 Å². The highest BCUT2D eigenvalue weighted by Gasteiger charge is 2.18. The first kappa shape index (κ1) is 12.1. The van der Waals surface area contributed by atoms with Gasteiger partial charge in [0.1, 0.15) is 5.82 Å². The summed E-state index contributed by atoms with van der Waals surface area (Å²) in [5.41, 5.74) is 6.62. The molecule has 1 aromatic carbocycles. The van der Waals surface area contributed by atoms with Crippen molar-refractivity contribution < 1.29 is 8.42 Å². The third kappa shape index (κ3) is 2.34. The molecule has 3 N–H and O–H groups in total. The van der Waals surface area contributed by atoms with Gasteiger partial charge in [0.25, 0.3) is 0 Å². The lowest BCUT2D eigenvalue weighted by atomic mass is 10.1. The second-order valence-corrected chi connectivity index (χ2v) is 6.43. The summed E-state index contributed by atoms with van der Waals surface area (Å²) < 4.78 is 24.1. The number of nitrogen functional groups attached to an aromatic ring is 1.